The summed E-state index contributed by atoms with van der Waals surface area (Å²) in [5, 5.41) is 26.3. The maximum atomic E-state index is 11.7. The number of hydrogen-bond acceptors (Lipinski definition) is 18. The van der Waals surface area contributed by atoms with E-state index in [2.05, 4.69) is 170 Å². The van der Waals surface area contributed by atoms with E-state index in [4.69, 9.17) is 9.47 Å². The van der Waals surface area contributed by atoms with Gasteiger partial charge in [-0.3, -0.25) is 62.6 Å². The first kappa shape index (κ1) is 131. The van der Waals surface area contributed by atoms with Gasteiger partial charge in [-0.2, -0.15) is 0 Å². The van der Waals surface area contributed by atoms with Gasteiger partial charge in [0.25, 0.3) is 0 Å². The Morgan fingerprint density at radius 2 is 0.748 bits per heavy atom. The van der Waals surface area contributed by atoms with Gasteiger partial charge in [0.05, 0.1) is 12.6 Å². The molecule has 4 aliphatic heterocycles. The van der Waals surface area contributed by atoms with Crippen molar-refractivity contribution >= 4 is 58.9 Å². The number of nitrogens with one attached hydrogen (secondary N) is 9. The highest BCUT2D eigenvalue weighted by Crippen LogP contribution is 2.26. The fourth-order valence-corrected chi connectivity index (χ4v) is 13.8. The molecule has 0 spiro atoms. The molecule has 2 unspecified atom stereocenters. The zero-order valence-electron chi connectivity index (χ0n) is 89.6. The van der Waals surface area contributed by atoms with E-state index in [0.29, 0.717) is 24.0 Å². The number of benzene rings is 1. The van der Waals surface area contributed by atoms with Crippen molar-refractivity contribution in [2.24, 2.45) is 64.6 Å². The SMILES string of the molecule is CC(=O)[C@@H]1CCCN1CCNC(=O)C(C)C.CC(C)C(=O)NCCCC(C)(C)C.CC(C)C(=O)NCCCCCN(C)C.CC(C)C(=O)NCCN1CCN(C)CC1c1ccccc1.CCCCCNC(=O)C(C)C.CCCCNC(=O)C(C)C.CCCCNC(=O)C(C)C.COCCC1CCCN1CCNC(=O)C(C)C.COCCN1CCC(CCCNC(=O)C(C)C)CC1. The molecular weight excluding hydrogens is 1650 g/mol. The van der Waals surface area contributed by atoms with Crippen LogP contribution in [0.15, 0.2) is 30.3 Å². The quantitative estimate of drug-likeness (QED) is 0.0274. The second-order valence-corrected chi connectivity index (χ2v) is 40.0. The Kier molecular flexibility index (Phi) is 83.2. The molecule has 4 aliphatic rings. The third kappa shape index (κ3) is 76.6. The molecule has 4 heterocycles. The number of nitrogens with zero attached hydrogens (tertiary/aromatic N) is 6. The average Bonchev–Trinajstić information content (AvgIpc) is 1.53. The molecule has 27 nitrogen and oxygen atoms in total. The van der Waals surface area contributed by atoms with Crippen molar-refractivity contribution in [2.75, 3.05) is 186 Å². The third-order valence-electron chi connectivity index (χ3n) is 22.8. The van der Waals surface area contributed by atoms with Gasteiger partial charge in [-0.25, -0.2) is 0 Å². The lowest BCUT2D eigenvalue weighted by molar-refractivity contribution is -0.125. The normalized spacial score (nSPS) is 16.0. The highest BCUT2D eigenvalue weighted by atomic mass is 16.5. The number of carbonyl (C=O) groups excluding carboxylic acids is 10. The highest BCUT2D eigenvalue weighted by molar-refractivity contribution is 5.82. The molecule has 0 aromatic heterocycles. The first-order chi connectivity index (χ1) is 61.8. The molecule has 0 bridgehead atoms. The first-order valence-electron chi connectivity index (χ1n) is 51.1. The lowest BCUT2D eigenvalue weighted by Crippen LogP contribution is -2.49. The average molecular weight is 1860 g/mol. The van der Waals surface area contributed by atoms with Crippen LogP contribution in [0, 0.1) is 64.6 Å². The van der Waals surface area contributed by atoms with Crippen molar-refractivity contribution < 1.29 is 57.4 Å². The van der Waals surface area contributed by atoms with Gasteiger partial charge in [0.1, 0.15) is 5.78 Å². The molecule has 4 saturated heterocycles. The Hall–Kier alpha value is -6.20. The predicted octanol–water partition coefficient (Wildman–Crippen LogP) is 14.9. The number of Topliss-reactive ketones (excluding diaryl/α,β-unsaturated/α-hetero) is 1. The Balaban J connectivity index is -0.000000700. The minimum Gasteiger partial charge on any atom is -0.385 e. The summed E-state index contributed by atoms with van der Waals surface area (Å²) in [6.07, 6.45) is 24.3. The molecule has 1 aromatic rings. The maximum absolute atomic E-state index is 11.7. The number of hydrogen-bond donors (Lipinski definition) is 9. The summed E-state index contributed by atoms with van der Waals surface area (Å²) in [4.78, 5) is 126. The summed E-state index contributed by atoms with van der Waals surface area (Å²) in [5.74, 6) is 3.30. The Morgan fingerprint density at radius 3 is 1.13 bits per heavy atom. The summed E-state index contributed by atoms with van der Waals surface area (Å²) in [6, 6.07) is 11.8. The van der Waals surface area contributed by atoms with Crippen LogP contribution in [0.5, 0.6) is 0 Å². The Bertz CT molecular complexity index is 2990. The molecule has 9 N–H and O–H groups in total. The topological polar surface area (TPSA) is 317 Å². The maximum Gasteiger partial charge on any atom is 0.222 e. The van der Waals surface area contributed by atoms with Gasteiger partial charge in [-0.05, 0) is 180 Å². The molecule has 0 radical (unpaired) electrons. The van der Waals surface area contributed by atoms with Gasteiger partial charge >= 0.3 is 0 Å². The van der Waals surface area contributed by atoms with Crippen LogP contribution in [-0.2, 0) is 57.4 Å². The number of unbranched alkanes of at least 4 members (excludes halogenated alkanes) is 6. The molecule has 1 aromatic carbocycles. The van der Waals surface area contributed by atoms with E-state index >= 15 is 0 Å². The van der Waals surface area contributed by atoms with E-state index in [1.807, 2.05) is 125 Å². The number of ether oxygens (including phenoxy) is 2. The molecule has 131 heavy (non-hydrogen) atoms. The second-order valence-electron chi connectivity index (χ2n) is 40.0. The second kappa shape index (κ2) is 83.2. The number of likely N-dealkylation sites (N-methyl/N-ethyl adjacent to an activating group) is 1. The van der Waals surface area contributed by atoms with Crippen molar-refractivity contribution in [1.29, 1.82) is 0 Å². The van der Waals surface area contributed by atoms with Crippen molar-refractivity contribution in [3.8, 4) is 0 Å². The van der Waals surface area contributed by atoms with Crippen molar-refractivity contribution in [3.63, 3.8) is 0 Å². The smallest absolute Gasteiger partial charge is 0.222 e. The zero-order chi connectivity index (χ0) is 100. The van der Waals surface area contributed by atoms with E-state index in [1.165, 1.54) is 76.4 Å². The minimum atomic E-state index is 0.0298. The summed E-state index contributed by atoms with van der Waals surface area (Å²) in [6.45, 7) is 70.5. The van der Waals surface area contributed by atoms with Crippen LogP contribution in [0.4, 0.5) is 0 Å². The molecule has 9 amide bonds. The molecule has 4 fully saturated rings. The van der Waals surface area contributed by atoms with Crippen LogP contribution in [0.1, 0.15) is 320 Å². The fourth-order valence-electron chi connectivity index (χ4n) is 13.8. The largest absolute Gasteiger partial charge is 0.385 e. The van der Waals surface area contributed by atoms with Crippen LogP contribution >= 0.6 is 0 Å². The molecule has 0 saturated carbocycles. The summed E-state index contributed by atoms with van der Waals surface area (Å²) in [5.41, 5.74) is 1.74. The van der Waals surface area contributed by atoms with Crippen LogP contribution < -0.4 is 47.9 Å². The molecule has 0 aliphatic carbocycles. The fraction of sp³-hybridized carbons (Fsp3) is 0.846. The number of amides is 9. The number of methoxy groups -OCH3 is 2. The van der Waals surface area contributed by atoms with E-state index in [9.17, 15) is 47.9 Å². The van der Waals surface area contributed by atoms with Crippen LogP contribution in [-0.4, -0.2) is 286 Å². The summed E-state index contributed by atoms with van der Waals surface area (Å²) < 4.78 is 10.2. The number of carbonyl (C=O) groups is 10. The van der Waals surface area contributed by atoms with Crippen molar-refractivity contribution in [2.45, 2.75) is 326 Å². The van der Waals surface area contributed by atoms with E-state index in [1.54, 1.807) is 21.1 Å². The number of ketones is 1. The van der Waals surface area contributed by atoms with Crippen LogP contribution in [0.3, 0.4) is 0 Å². The number of rotatable bonds is 49. The summed E-state index contributed by atoms with van der Waals surface area (Å²) >= 11 is 0. The molecular formula is C104H205N15O12. The first-order valence-corrected chi connectivity index (χ1v) is 51.1. The van der Waals surface area contributed by atoms with E-state index in [-0.39, 0.29) is 118 Å². The zero-order valence-corrected chi connectivity index (χ0v) is 89.6. The number of piperidine rings is 1. The van der Waals surface area contributed by atoms with E-state index < -0.39 is 0 Å². The van der Waals surface area contributed by atoms with Gasteiger partial charge in [0, 0.05) is 191 Å². The monoisotopic (exact) mass is 1860 g/mol. The van der Waals surface area contributed by atoms with Crippen molar-refractivity contribution in [3.05, 3.63) is 35.9 Å². The predicted molar refractivity (Wildman–Crippen MR) is 546 cm³/mol. The van der Waals surface area contributed by atoms with Crippen LogP contribution in [0.2, 0.25) is 0 Å². The summed E-state index contributed by atoms with van der Waals surface area (Å²) in [7, 11) is 9.86. The van der Waals surface area contributed by atoms with Gasteiger partial charge in [0.2, 0.25) is 53.2 Å². The third-order valence-corrected chi connectivity index (χ3v) is 22.8. The van der Waals surface area contributed by atoms with Gasteiger partial charge in [-0.15, -0.1) is 0 Å². The number of piperazine rings is 1. The lowest BCUT2D eigenvalue weighted by atomic mass is 9.91. The van der Waals surface area contributed by atoms with E-state index in [0.717, 1.165) is 214 Å². The van der Waals surface area contributed by atoms with Crippen LogP contribution in [0.25, 0.3) is 0 Å². The molecule has 27 heteroatoms. The van der Waals surface area contributed by atoms with Gasteiger partial charge < -0.3 is 72.0 Å². The Morgan fingerprint density at radius 1 is 0.389 bits per heavy atom. The molecule has 3 atom stereocenters. The lowest BCUT2D eigenvalue weighted by Gasteiger charge is -2.40. The highest BCUT2D eigenvalue weighted by Gasteiger charge is 2.30. The molecule has 768 valence electrons. The Labute approximate surface area is 802 Å². The van der Waals surface area contributed by atoms with Gasteiger partial charge in [0.15, 0.2) is 0 Å². The van der Waals surface area contributed by atoms with Gasteiger partial charge in [-0.1, -0.05) is 229 Å². The minimum absolute atomic E-state index is 0.0298. The molecule has 5 rings (SSSR count). The number of likely N-dealkylation sites (tertiary alicyclic amines) is 3. The van der Waals surface area contributed by atoms with Crippen molar-refractivity contribution in [1.82, 2.24) is 77.3 Å². The standard InChI is InChI=1S/C17H27N3O.C15H30N2O2.C13H26N2O2.C12H22N2O2.C11H24N2O.C11H23NO.C9H19NO.2C8H17NO/c1-14(2)17(21)18-9-10-20-12-11-19(3)13-16(20)15-7-5-4-6-8-15;1-13(2)15(18)16-8-4-5-14-6-9-17(10-7-14)11-12-19-3;1-11(2)13(16)14-7-9-15-8-4-5-12(15)6-10-17-3;1-9(2)12(16)13-6-8-14-7-4-5-11(14)10(3)15;1-10(2)11(14)12-8-6-5-7-9-13(3)4;1-9(2)10(13)12-8-6-7-11(3,4)5;1-4-5-6-7-10-9(11)8(2)3;2*1-4-5-6-9-8(10)7(2)3/h4-8,14,16H,9-13H2,1-3H3,(H,18,21);13-14H,4-12H2,1-3H3,(H,16,18);11-12H,4-10H2,1-3H3,(H,14,16);9,11H,4-8H2,1-3H3,(H,13,16);10H,5-9H2,1-4H3,(H,12,14);9H,6-8H2,1-5H3,(H,12,13);8H,4-7H2,1-3H3,(H,10,11);2*7H,4-6H2,1-3H3,(H,9,10)/t;;;11-;;;;;/m...0...../s1.